The van der Waals surface area contributed by atoms with Gasteiger partial charge in [-0.15, -0.1) is 0 Å². The average Bonchev–Trinajstić information content (AvgIpc) is 2.25. The Kier molecular flexibility index (Phi) is 4.84. The first-order valence-corrected chi connectivity index (χ1v) is 6.05. The molecule has 0 aliphatic heterocycles. The highest BCUT2D eigenvalue weighted by Crippen LogP contribution is 2.14. The molecule has 0 aliphatic carbocycles. The van der Waals surface area contributed by atoms with Gasteiger partial charge in [0.25, 0.3) is 0 Å². The number of hydrogen-bond donors (Lipinski definition) is 2. The maximum Gasteiger partial charge on any atom is 0.407 e. The minimum atomic E-state index is -0.485. The fourth-order valence-electron chi connectivity index (χ4n) is 1.16. The number of amides is 1. The van der Waals surface area contributed by atoms with E-state index in [1.807, 2.05) is 32.9 Å². The molecule has 0 saturated carbocycles. The van der Waals surface area contributed by atoms with Crippen molar-refractivity contribution in [1.82, 2.24) is 5.32 Å². The zero-order chi connectivity index (χ0) is 12.9. The molecule has 0 unspecified atom stereocenters. The number of carbonyl (C=O) groups excluding carboxylic acids is 1. The minimum absolute atomic E-state index is 0.408. The van der Waals surface area contributed by atoms with Crippen LogP contribution in [0.25, 0.3) is 0 Å². The van der Waals surface area contributed by atoms with Crippen molar-refractivity contribution in [3.05, 3.63) is 29.8 Å². The fraction of sp³-hybridized carbons (Fsp3) is 0.417. The van der Waals surface area contributed by atoms with E-state index >= 15 is 0 Å². The molecule has 2 N–H and O–H groups in total. The fourth-order valence-corrected chi connectivity index (χ4v) is 1.41. The summed E-state index contributed by atoms with van der Waals surface area (Å²) < 4.78 is 13.9. The molecule has 0 aromatic heterocycles. The molecule has 1 aromatic carbocycles. The number of alkyl carbamates (subject to hydrolysis) is 1. The molecular weight excluding hydrogens is 238 g/mol. The first-order valence-electron chi connectivity index (χ1n) is 5.28. The van der Waals surface area contributed by atoms with E-state index in [1.165, 1.54) is 0 Å². The third-order valence-electron chi connectivity index (χ3n) is 1.86. The quantitative estimate of drug-likeness (QED) is 0.814. The molecule has 0 bridgehead atoms. The molecule has 4 nitrogen and oxygen atoms in total. The van der Waals surface area contributed by atoms with Crippen LogP contribution in [0.4, 0.5) is 4.79 Å². The summed E-state index contributed by atoms with van der Waals surface area (Å²) >= 11 is 0.698. The predicted octanol–water partition coefficient (Wildman–Crippen LogP) is 3.28. The van der Waals surface area contributed by atoms with Gasteiger partial charge in [0.05, 0.1) is 0 Å². The molecule has 0 radical (unpaired) electrons. The topological polar surface area (TPSA) is 58.6 Å². The molecule has 1 amide bonds. The van der Waals surface area contributed by atoms with Gasteiger partial charge in [-0.1, -0.05) is 12.1 Å². The Hall–Kier alpha value is -1.20. The van der Waals surface area contributed by atoms with E-state index < -0.39 is 11.7 Å². The molecule has 0 aliphatic rings. The molecule has 17 heavy (non-hydrogen) atoms. The van der Waals surface area contributed by atoms with Crippen LogP contribution in [0.15, 0.2) is 29.2 Å². The summed E-state index contributed by atoms with van der Waals surface area (Å²) in [6.07, 6.45) is -0.432. The number of rotatable bonds is 3. The van der Waals surface area contributed by atoms with Gasteiger partial charge in [-0.2, -0.15) is 0 Å². The zero-order valence-corrected chi connectivity index (χ0v) is 11.0. The van der Waals surface area contributed by atoms with Crippen molar-refractivity contribution in [2.24, 2.45) is 0 Å². The first kappa shape index (κ1) is 13.9. The maximum absolute atomic E-state index is 11.4. The van der Waals surface area contributed by atoms with Crippen molar-refractivity contribution in [3.63, 3.8) is 0 Å². The lowest BCUT2D eigenvalue weighted by atomic mass is 10.2. The number of benzene rings is 1. The van der Waals surface area contributed by atoms with Crippen LogP contribution in [-0.4, -0.2) is 16.2 Å². The van der Waals surface area contributed by atoms with Crippen molar-refractivity contribution in [2.45, 2.75) is 37.8 Å². The predicted molar refractivity (Wildman–Crippen MR) is 68.0 cm³/mol. The summed E-state index contributed by atoms with van der Waals surface area (Å²) in [5.74, 6) is 0. The molecule has 0 spiro atoms. The maximum atomic E-state index is 11.4. The lowest BCUT2D eigenvalue weighted by molar-refractivity contribution is 0.0523. The Balaban J connectivity index is 2.42. The SMILES string of the molecule is CC(C)(C)OC(=O)NCc1ccc(SO)cc1. The Morgan fingerprint density at radius 2 is 1.94 bits per heavy atom. The Labute approximate surface area is 106 Å². The number of hydrogen-bond acceptors (Lipinski definition) is 4. The molecule has 0 heterocycles. The second kappa shape index (κ2) is 5.93. The van der Waals surface area contributed by atoms with Gasteiger partial charge in [-0.3, -0.25) is 0 Å². The normalized spacial score (nSPS) is 11.1. The summed E-state index contributed by atoms with van der Waals surface area (Å²) in [4.78, 5) is 12.1. The van der Waals surface area contributed by atoms with E-state index in [9.17, 15) is 4.79 Å². The van der Waals surface area contributed by atoms with E-state index in [0.29, 0.717) is 18.6 Å². The van der Waals surface area contributed by atoms with Gasteiger partial charge >= 0.3 is 6.09 Å². The van der Waals surface area contributed by atoms with Crippen LogP contribution in [0.3, 0.4) is 0 Å². The van der Waals surface area contributed by atoms with E-state index in [1.54, 1.807) is 12.1 Å². The summed E-state index contributed by atoms with van der Waals surface area (Å²) in [7, 11) is 0. The van der Waals surface area contributed by atoms with Crippen LogP contribution >= 0.6 is 12.0 Å². The third-order valence-corrected chi connectivity index (χ3v) is 2.35. The second-order valence-electron chi connectivity index (χ2n) is 4.59. The lowest BCUT2D eigenvalue weighted by Crippen LogP contribution is -2.32. The van der Waals surface area contributed by atoms with E-state index in [2.05, 4.69) is 5.32 Å². The van der Waals surface area contributed by atoms with Crippen LogP contribution in [0.2, 0.25) is 0 Å². The van der Waals surface area contributed by atoms with Gasteiger partial charge in [0.15, 0.2) is 0 Å². The van der Waals surface area contributed by atoms with Crippen LogP contribution in [0, 0.1) is 0 Å². The Bertz CT molecular complexity index is 370. The third kappa shape index (κ3) is 5.60. The van der Waals surface area contributed by atoms with Crippen molar-refractivity contribution < 1.29 is 14.1 Å². The van der Waals surface area contributed by atoms with Gasteiger partial charge in [-0.05, 0) is 38.5 Å². The van der Waals surface area contributed by atoms with Gasteiger partial charge in [0, 0.05) is 23.5 Å². The largest absolute Gasteiger partial charge is 0.444 e. The van der Waals surface area contributed by atoms with E-state index in [4.69, 9.17) is 9.29 Å². The lowest BCUT2D eigenvalue weighted by Gasteiger charge is -2.19. The second-order valence-corrected chi connectivity index (χ2v) is 5.24. The molecule has 1 rings (SSSR count). The number of nitrogens with one attached hydrogen (secondary N) is 1. The number of carbonyl (C=O) groups is 1. The Morgan fingerprint density at radius 1 is 1.35 bits per heavy atom. The van der Waals surface area contributed by atoms with Gasteiger partial charge in [-0.25, -0.2) is 4.79 Å². The summed E-state index contributed by atoms with van der Waals surface area (Å²) in [5, 5.41) is 2.66. The summed E-state index contributed by atoms with van der Waals surface area (Å²) in [6.45, 7) is 5.87. The summed E-state index contributed by atoms with van der Waals surface area (Å²) in [6, 6.07) is 7.26. The zero-order valence-electron chi connectivity index (χ0n) is 10.2. The monoisotopic (exact) mass is 255 g/mol. The van der Waals surface area contributed by atoms with Crippen LogP contribution < -0.4 is 5.32 Å². The molecule has 0 atom stereocenters. The van der Waals surface area contributed by atoms with Crippen LogP contribution in [0.1, 0.15) is 26.3 Å². The highest BCUT2D eigenvalue weighted by atomic mass is 32.2. The van der Waals surface area contributed by atoms with E-state index in [0.717, 1.165) is 10.5 Å². The highest BCUT2D eigenvalue weighted by Gasteiger charge is 2.15. The molecule has 0 fully saturated rings. The Morgan fingerprint density at radius 3 is 2.41 bits per heavy atom. The molecule has 94 valence electrons. The summed E-state index contributed by atoms with van der Waals surface area (Å²) in [5.41, 5.74) is 0.468. The van der Waals surface area contributed by atoms with Crippen molar-refractivity contribution in [3.8, 4) is 0 Å². The molecule has 5 heteroatoms. The molecule has 1 aromatic rings. The molecular formula is C12H17NO3S. The highest BCUT2D eigenvalue weighted by molar-refractivity contribution is 7.93. The van der Waals surface area contributed by atoms with Crippen molar-refractivity contribution in [2.75, 3.05) is 0 Å². The molecule has 0 saturated heterocycles. The smallest absolute Gasteiger partial charge is 0.407 e. The minimum Gasteiger partial charge on any atom is -0.444 e. The standard InChI is InChI=1S/C12H17NO3S/c1-12(2,3)16-11(14)13-8-9-4-6-10(17-15)7-5-9/h4-7,15H,8H2,1-3H3,(H,13,14). The van der Waals surface area contributed by atoms with Crippen LogP contribution in [-0.2, 0) is 11.3 Å². The van der Waals surface area contributed by atoms with Crippen LogP contribution in [0.5, 0.6) is 0 Å². The van der Waals surface area contributed by atoms with Crippen molar-refractivity contribution >= 4 is 18.1 Å². The van der Waals surface area contributed by atoms with Crippen molar-refractivity contribution in [1.29, 1.82) is 0 Å². The van der Waals surface area contributed by atoms with E-state index in [-0.39, 0.29) is 0 Å². The van der Waals surface area contributed by atoms with Gasteiger partial charge in [0.2, 0.25) is 0 Å². The number of ether oxygens (including phenoxy) is 1. The first-order chi connectivity index (χ1) is 7.90. The van der Waals surface area contributed by atoms with Gasteiger partial charge in [0.1, 0.15) is 5.60 Å². The van der Waals surface area contributed by atoms with Gasteiger partial charge < -0.3 is 14.6 Å². The average molecular weight is 255 g/mol.